The Morgan fingerprint density at radius 2 is 1.67 bits per heavy atom. The fraction of sp³-hybridized carbons (Fsp3) is 0.818. The first kappa shape index (κ1) is 14.7. The van der Waals surface area contributed by atoms with Crippen LogP contribution in [-0.2, 0) is 14.3 Å². The normalized spacial score (nSPS) is 24.1. The Kier molecular flexibility index (Phi) is 4.53. The molecule has 0 bridgehead atoms. The number of nitrogens with zero attached hydrogens (tertiary/aromatic N) is 1. The third-order valence-corrected chi connectivity index (χ3v) is 3.06. The molecule has 2 unspecified atom stereocenters. The van der Waals surface area contributed by atoms with E-state index < -0.39 is 17.5 Å². The highest BCUT2D eigenvalue weighted by molar-refractivity contribution is 5.85. The van der Waals surface area contributed by atoms with Crippen LogP contribution < -0.4 is 5.32 Å². The minimum absolute atomic E-state index is 0.186. The first-order valence-corrected chi connectivity index (χ1v) is 5.68. The van der Waals surface area contributed by atoms with E-state index in [1.807, 2.05) is 0 Å². The molecule has 1 aliphatic rings. The van der Waals surface area contributed by atoms with E-state index in [9.17, 15) is 9.59 Å². The molecule has 1 fully saturated rings. The minimum Gasteiger partial charge on any atom is -0.480 e. The number of carboxylic acids is 1. The summed E-state index contributed by atoms with van der Waals surface area (Å²) in [6, 6.07) is -0.427. The zero-order valence-corrected chi connectivity index (χ0v) is 11.1. The summed E-state index contributed by atoms with van der Waals surface area (Å²) in [6.45, 7) is 3.64. The van der Waals surface area contributed by atoms with Gasteiger partial charge in [-0.2, -0.15) is 0 Å². The van der Waals surface area contributed by atoms with Crippen molar-refractivity contribution in [1.29, 1.82) is 0 Å². The molecule has 1 saturated heterocycles. The topological polar surface area (TPSA) is 88.1 Å². The average molecular weight is 260 g/mol. The number of aliphatic carboxylic acids is 1. The summed E-state index contributed by atoms with van der Waals surface area (Å²) < 4.78 is 10.4. The lowest BCUT2D eigenvalue weighted by atomic mass is 10.1. The van der Waals surface area contributed by atoms with Gasteiger partial charge in [0.15, 0.2) is 0 Å². The number of ether oxygens (including phenoxy) is 2. The Hall–Kier alpha value is -1.34. The Morgan fingerprint density at radius 3 is 2.00 bits per heavy atom. The Balaban J connectivity index is 2.62. The molecule has 0 aromatic carbocycles. The highest BCUT2D eigenvalue weighted by Crippen LogP contribution is 2.16. The van der Waals surface area contributed by atoms with Gasteiger partial charge in [-0.3, -0.25) is 0 Å². The van der Waals surface area contributed by atoms with Gasteiger partial charge in [0.25, 0.3) is 0 Å². The number of carbonyl (C=O) groups excluding carboxylic acids is 1. The number of carbonyl (C=O) groups is 2. The van der Waals surface area contributed by atoms with Crippen LogP contribution in [0, 0.1) is 0 Å². The number of likely N-dealkylation sites (tertiary alicyclic amines) is 1. The van der Waals surface area contributed by atoms with E-state index in [0.717, 1.165) is 0 Å². The number of methoxy groups -OCH3 is 2. The number of nitrogens with one attached hydrogen (secondary N) is 1. The molecule has 0 aromatic rings. The molecule has 7 nitrogen and oxygen atoms in total. The minimum atomic E-state index is -1.30. The van der Waals surface area contributed by atoms with Crippen molar-refractivity contribution in [2.24, 2.45) is 0 Å². The largest absolute Gasteiger partial charge is 0.480 e. The summed E-state index contributed by atoms with van der Waals surface area (Å²) in [5.41, 5.74) is -1.30. The van der Waals surface area contributed by atoms with Crippen molar-refractivity contribution < 1.29 is 24.2 Å². The molecule has 0 aromatic heterocycles. The van der Waals surface area contributed by atoms with E-state index in [-0.39, 0.29) is 12.2 Å². The van der Waals surface area contributed by atoms with E-state index in [2.05, 4.69) is 5.32 Å². The van der Waals surface area contributed by atoms with Gasteiger partial charge in [-0.15, -0.1) is 0 Å². The summed E-state index contributed by atoms with van der Waals surface area (Å²) in [5.74, 6) is -1.08. The van der Waals surface area contributed by atoms with Crippen LogP contribution in [0.25, 0.3) is 0 Å². The van der Waals surface area contributed by atoms with Crippen molar-refractivity contribution in [2.75, 3.05) is 27.3 Å². The maximum atomic E-state index is 11.9. The maximum Gasteiger partial charge on any atom is 0.328 e. The van der Waals surface area contributed by atoms with Crippen molar-refractivity contribution in [3.05, 3.63) is 0 Å². The molecular formula is C11H20N2O5. The second kappa shape index (κ2) is 5.53. The molecular weight excluding hydrogens is 240 g/mol. The summed E-state index contributed by atoms with van der Waals surface area (Å²) in [6.07, 6.45) is -0.373. The number of hydrogen-bond acceptors (Lipinski definition) is 4. The van der Waals surface area contributed by atoms with Gasteiger partial charge in [-0.1, -0.05) is 0 Å². The Morgan fingerprint density at radius 1 is 1.22 bits per heavy atom. The SMILES string of the molecule is COC1CN(C(=O)NC(C)(C)C(=O)O)CC1OC. The van der Waals surface area contributed by atoms with Crippen LogP contribution in [0.1, 0.15) is 13.8 Å². The Bertz CT molecular complexity index is 319. The lowest BCUT2D eigenvalue weighted by Gasteiger charge is -2.25. The highest BCUT2D eigenvalue weighted by atomic mass is 16.5. The van der Waals surface area contributed by atoms with Crippen LogP contribution in [0.5, 0.6) is 0 Å². The molecule has 2 atom stereocenters. The van der Waals surface area contributed by atoms with E-state index in [4.69, 9.17) is 14.6 Å². The van der Waals surface area contributed by atoms with E-state index in [1.54, 1.807) is 14.2 Å². The van der Waals surface area contributed by atoms with Crippen LogP contribution in [0.2, 0.25) is 0 Å². The lowest BCUT2D eigenvalue weighted by molar-refractivity contribution is -0.143. The molecule has 2 amide bonds. The molecule has 0 radical (unpaired) electrons. The summed E-state index contributed by atoms with van der Waals surface area (Å²) in [4.78, 5) is 24.4. The molecule has 1 rings (SSSR count). The fourth-order valence-corrected chi connectivity index (χ4v) is 1.76. The van der Waals surface area contributed by atoms with Gasteiger partial charge in [-0.05, 0) is 13.8 Å². The second-order valence-electron chi connectivity index (χ2n) is 4.81. The standard InChI is InChI=1S/C11H20N2O5/c1-11(2,9(14)15)12-10(16)13-5-7(17-3)8(6-13)18-4/h7-8H,5-6H2,1-4H3,(H,12,16)(H,14,15). The lowest BCUT2D eigenvalue weighted by Crippen LogP contribution is -2.54. The Labute approximate surface area is 106 Å². The summed E-state index contributed by atoms with van der Waals surface area (Å²) in [5, 5.41) is 11.4. The molecule has 104 valence electrons. The van der Waals surface area contributed by atoms with Gasteiger partial charge < -0.3 is 24.8 Å². The third kappa shape index (κ3) is 3.11. The highest BCUT2D eigenvalue weighted by Gasteiger charge is 2.38. The van der Waals surface area contributed by atoms with Gasteiger partial charge >= 0.3 is 12.0 Å². The van der Waals surface area contributed by atoms with Gasteiger partial charge in [-0.25, -0.2) is 9.59 Å². The molecule has 18 heavy (non-hydrogen) atoms. The first-order chi connectivity index (χ1) is 8.31. The van der Waals surface area contributed by atoms with Gasteiger partial charge in [0.05, 0.1) is 13.1 Å². The monoisotopic (exact) mass is 260 g/mol. The molecule has 0 aliphatic carbocycles. The smallest absolute Gasteiger partial charge is 0.328 e. The van der Waals surface area contributed by atoms with Crippen LogP contribution in [0.3, 0.4) is 0 Å². The second-order valence-corrected chi connectivity index (χ2v) is 4.81. The van der Waals surface area contributed by atoms with Crippen molar-refractivity contribution >= 4 is 12.0 Å². The predicted molar refractivity (Wildman–Crippen MR) is 63.4 cm³/mol. The van der Waals surface area contributed by atoms with Crippen molar-refractivity contribution in [1.82, 2.24) is 10.2 Å². The fourth-order valence-electron chi connectivity index (χ4n) is 1.76. The molecule has 1 heterocycles. The van der Waals surface area contributed by atoms with Crippen molar-refractivity contribution in [2.45, 2.75) is 31.6 Å². The number of amides is 2. The summed E-state index contributed by atoms with van der Waals surface area (Å²) in [7, 11) is 3.11. The van der Waals surface area contributed by atoms with Gasteiger partial charge in [0, 0.05) is 14.2 Å². The molecule has 2 N–H and O–H groups in total. The molecule has 0 spiro atoms. The third-order valence-electron chi connectivity index (χ3n) is 3.06. The number of carboxylic acid groups (broad SMARTS) is 1. The van der Waals surface area contributed by atoms with Gasteiger partial charge in [0.1, 0.15) is 17.7 Å². The predicted octanol–water partition coefficient (Wildman–Crippen LogP) is -0.0952. The molecule has 1 aliphatic heterocycles. The molecule has 0 saturated carbocycles. The zero-order valence-electron chi connectivity index (χ0n) is 11.1. The van der Waals surface area contributed by atoms with E-state index in [0.29, 0.717) is 13.1 Å². The van der Waals surface area contributed by atoms with Crippen LogP contribution in [-0.4, -0.2) is 67.1 Å². The van der Waals surface area contributed by atoms with Crippen LogP contribution >= 0.6 is 0 Å². The number of hydrogen-bond donors (Lipinski definition) is 2. The number of urea groups is 1. The van der Waals surface area contributed by atoms with Crippen molar-refractivity contribution in [3.8, 4) is 0 Å². The molecule has 7 heteroatoms. The number of rotatable bonds is 4. The van der Waals surface area contributed by atoms with Gasteiger partial charge in [0.2, 0.25) is 0 Å². The van der Waals surface area contributed by atoms with Crippen LogP contribution in [0.15, 0.2) is 0 Å². The maximum absolute atomic E-state index is 11.9. The van der Waals surface area contributed by atoms with E-state index in [1.165, 1.54) is 18.7 Å². The van der Waals surface area contributed by atoms with E-state index >= 15 is 0 Å². The summed E-state index contributed by atoms with van der Waals surface area (Å²) >= 11 is 0. The van der Waals surface area contributed by atoms with Crippen molar-refractivity contribution in [3.63, 3.8) is 0 Å². The zero-order chi connectivity index (χ0) is 13.9. The first-order valence-electron chi connectivity index (χ1n) is 5.68. The van der Waals surface area contributed by atoms with Crippen LogP contribution in [0.4, 0.5) is 4.79 Å². The quantitative estimate of drug-likeness (QED) is 0.737. The average Bonchev–Trinajstić information content (AvgIpc) is 2.71.